The summed E-state index contributed by atoms with van der Waals surface area (Å²) in [6.45, 7) is 4.17. The van der Waals surface area contributed by atoms with Crippen molar-refractivity contribution in [3.05, 3.63) is 63.6 Å². The Morgan fingerprint density at radius 1 is 1.07 bits per heavy atom. The van der Waals surface area contributed by atoms with E-state index >= 15 is 0 Å². The molecule has 0 saturated heterocycles. The zero-order valence-corrected chi connectivity index (χ0v) is 17.6. The average molecular weight is 423 g/mol. The number of hydrogen-bond acceptors (Lipinski definition) is 3. The Labute approximate surface area is 175 Å². The van der Waals surface area contributed by atoms with Gasteiger partial charge in [-0.1, -0.05) is 43.1 Å². The van der Waals surface area contributed by atoms with Gasteiger partial charge in [0.25, 0.3) is 5.91 Å². The molecule has 0 radical (unpaired) electrons. The lowest BCUT2D eigenvalue weighted by molar-refractivity contribution is -0.123. The highest BCUT2D eigenvalue weighted by Crippen LogP contribution is 2.21. The first-order chi connectivity index (χ1) is 13.3. The Kier molecular flexibility index (Phi) is 8.15. The van der Waals surface area contributed by atoms with Gasteiger partial charge in [-0.15, -0.1) is 0 Å². The van der Waals surface area contributed by atoms with Crippen LogP contribution in [0.25, 0.3) is 0 Å². The topological polar surface area (TPSA) is 67.4 Å². The van der Waals surface area contributed by atoms with Gasteiger partial charge >= 0.3 is 0 Å². The first kappa shape index (κ1) is 22.1. The fourth-order valence-electron chi connectivity index (χ4n) is 2.66. The quantitative estimate of drug-likeness (QED) is 0.672. The molecule has 0 heterocycles. The van der Waals surface area contributed by atoms with E-state index in [4.69, 9.17) is 27.9 Å². The molecule has 0 bridgehead atoms. The first-order valence-corrected chi connectivity index (χ1v) is 9.74. The van der Waals surface area contributed by atoms with Crippen LogP contribution in [0.3, 0.4) is 0 Å². The van der Waals surface area contributed by atoms with Crippen LogP contribution in [-0.4, -0.2) is 31.5 Å². The average Bonchev–Trinajstić information content (AvgIpc) is 2.67. The van der Waals surface area contributed by atoms with Crippen LogP contribution < -0.4 is 15.4 Å². The number of ether oxygens (including phenoxy) is 1. The third kappa shape index (κ3) is 6.14. The number of hydrogen-bond donors (Lipinski definition) is 2. The minimum absolute atomic E-state index is 0.0682. The largest absolute Gasteiger partial charge is 0.497 e. The van der Waals surface area contributed by atoms with Gasteiger partial charge in [0.2, 0.25) is 5.91 Å². The van der Waals surface area contributed by atoms with Crippen molar-refractivity contribution in [1.82, 2.24) is 10.6 Å². The predicted molar refractivity (Wildman–Crippen MR) is 112 cm³/mol. The number of benzene rings is 2. The third-order valence-corrected chi connectivity index (χ3v) is 4.88. The second-order valence-electron chi connectivity index (χ2n) is 6.70. The maximum absolute atomic E-state index is 12.6. The SMILES string of the molecule is COc1ccc(C(=O)N[C@H](C(=O)NCCc2ccc(Cl)cc2Cl)C(C)C)cc1. The summed E-state index contributed by atoms with van der Waals surface area (Å²) in [5.74, 6) is 0.0519. The molecule has 0 aliphatic carbocycles. The summed E-state index contributed by atoms with van der Waals surface area (Å²) in [5.41, 5.74) is 1.36. The van der Waals surface area contributed by atoms with Crippen LogP contribution in [-0.2, 0) is 11.2 Å². The maximum atomic E-state index is 12.6. The molecule has 0 saturated carbocycles. The van der Waals surface area contributed by atoms with Crippen LogP contribution in [0.2, 0.25) is 10.0 Å². The van der Waals surface area contributed by atoms with Gasteiger partial charge in [-0.25, -0.2) is 0 Å². The van der Waals surface area contributed by atoms with E-state index in [-0.39, 0.29) is 17.7 Å². The molecule has 0 aliphatic rings. The summed E-state index contributed by atoms with van der Waals surface area (Å²) in [5, 5.41) is 6.80. The summed E-state index contributed by atoms with van der Waals surface area (Å²) in [6, 6.07) is 11.4. The summed E-state index contributed by atoms with van der Waals surface area (Å²) < 4.78 is 5.09. The van der Waals surface area contributed by atoms with E-state index in [2.05, 4.69) is 10.6 Å². The van der Waals surface area contributed by atoms with Crippen LogP contribution in [0.4, 0.5) is 0 Å². The lowest BCUT2D eigenvalue weighted by atomic mass is 10.0. The van der Waals surface area contributed by atoms with Crippen molar-refractivity contribution in [2.75, 3.05) is 13.7 Å². The molecule has 0 aromatic heterocycles. The van der Waals surface area contributed by atoms with E-state index in [9.17, 15) is 9.59 Å². The van der Waals surface area contributed by atoms with Crippen molar-refractivity contribution in [2.45, 2.75) is 26.3 Å². The molecule has 2 N–H and O–H groups in total. The van der Waals surface area contributed by atoms with Gasteiger partial charge in [0.1, 0.15) is 11.8 Å². The Morgan fingerprint density at radius 3 is 2.32 bits per heavy atom. The van der Waals surface area contributed by atoms with E-state index in [0.717, 1.165) is 5.56 Å². The zero-order chi connectivity index (χ0) is 20.7. The second kappa shape index (κ2) is 10.3. The van der Waals surface area contributed by atoms with Crippen LogP contribution in [0.1, 0.15) is 29.8 Å². The standard InChI is InChI=1S/C21H24Cl2N2O3/c1-13(2)19(25-20(26)15-5-8-17(28-3)9-6-15)21(27)24-11-10-14-4-7-16(22)12-18(14)23/h4-9,12-13,19H,10-11H2,1-3H3,(H,24,27)(H,25,26)/t19-/m0/s1. The first-order valence-electron chi connectivity index (χ1n) is 8.98. The predicted octanol–water partition coefficient (Wildman–Crippen LogP) is 4.12. The lowest BCUT2D eigenvalue weighted by Crippen LogP contribution is -2.50. The molecule has 2 rings (SSSR count). The minimum Gasteiger partial charge on any atom is -0.497 e. The van der Waals surface area contributed by atoms with Crippen LogP contribution in [0.5, 0.6) is 5.75 Å². The number of carbonyl (C=O) groups is 2. The highest BCUT2D eigenvalue weighted by atomic mass is 35.5. The van der Waals surface area contributed by atoms with E-state index in [0.29, 0.717) is 34.3 Å². The molecule has 0 unspecified atom stereocenters. The van der Waals surface area contributed by atoms with Crippen molar-refractivity contribution >= 4 is 35.0 Å². The molecule has 0 fully saturated rings. The fraction of sp³-hybridized carbons (Fsp3) is 0.333. The minimum atomic E-state index is -0.643. The zero-order valence-electron chi connectivity index (χ0n) is 16.1. The number of halogens is 2. The Bertz CT molecular complexity index is 823. The highest BCUT2D eigenvalue weighted by Gasteiger charge is 2.24. The lowest BCUT2D eigenvalue weighted by Gasteiger charge is -2.22. The molecule has 1 atom stereocenters. The molecular weight excluding hydrogens is 399 g/mol. The van der Waals surface area contributed by atoms with Crippen molar-refractivity contribution < 1.29 is 14.3 Å². The summed E-state index contributed by atoms with van der Waals surface area (Å²) in [7, 11) is 1.56. The summed E-state index contributed by atoms with van der Waals surface area (Å²) in [4.78, 5) is 25.1. The smallest absolute Gasteiger partial charge is 0.251 e. The van der Waals surface area contributed by atoms with Gasteiger partial charge in [-0.2, -0.15) is 0 Å². The van der Waals surface area contributed by atoms with Crippen LogP contribution >= 0.6 is 23.2 Å². The maximum Gasteiger partial charge on any atom is 0.251 e. The molecule has 28 heavy (non-hydrogen) atoms. The monoisotopic (exact) mass is 422 g/mol. The van der Waals surface area contributed by atoms with Gasteiger partial charge in [0.15, 0.2) is 0 Å². The molecule has 5 nitrogen and oxygen atoms in total. The summed E-state index contributed by atoms with van der Waals surface area (Å²) in [6.07, 6.45) is 0.568. The number of carbonyl (C=O) groups excluding carboxylic acids is 2. The Balaban J connectivity index is 1.94. The van der Waals surface area contributed by atoms with E-state index in [1.807, 2.05) is 19.9 Å². The van der Waals surface area contributed by atoms with Gasteiger partial charge in [0.05, 0.1) is 7.11 Å². The normalized spacial score (nSPS) is 11.8. The number of methoxy groups -OCH3 is 1. The van der Waals surface area contributed by atoms with E-state index in [1.54, 1.807) is 43.5 Å². The number of amides is 2. The summed E-state index contributed by atoms with van der Waals surface area (Å²) >= 11 is 12.0. The number of rotatable bonds is 8. The molecule has 0 aliphatic heterocycles. The van der Waals surface area contributed by atoms with Crippen molar-refractivity contribution in [2.24, 2.45) is 5.92 Å². The van der Waals surface area contributed by atoms with Crippen LogP contribution in [0, 0.1) is 5.92 Å². The molecule has 2 amide bonds. The molecular formula is C21H24Cl2N2O3. The highest BCUT2D eigenvalue weighted by molar-refractivity contribution is 6.35. The Hall–Kier alpha value is -2.24. The van der Waals surface area contributed by atoms with Crippen LogP contribution in [0.15, 0.2) is 42.5 Å². The van der Waals surface area contributed by atoms with Gasteiger partial charge in [-0.3, -0.25) is 9.59 Å². The van der Waals surface area contributed by atoms with E-state index < -0.39 is 6.04 Å². The second-order valence-corrected chi connectivity index (χ2v) is 7.54. The number of nitrogens with one attached hydrogen (secondary N) is 2. The van der Waals surface area contributed by atoms with Crippen molar-refractivity contribution in [3.63, 3.8) is 0 Å². The Morgan fingerprint density at radius 2 is 1.75 bits per heavy atom. The van der Waals surface area contributed by atoms with Gasteiger partial charge < -0.3 is 15.4 Å². The third-order valence-electron chi connectivity index (χ3n) is 4.30. The fourth-order valence-corrected chi connectivity index (χ4v) is 3.16. The molecule has 0 spiro atoms. The van der Waals surface area contributed by atoms with Gasteiger partial charge in [-0.05, 0) is 54.3 Å². The molecule has 150 valence electrons. The van der Waals surface area contributed by atoms with E-state index in [1.165, 1.54) is 0 Å². The molecule has 2 aromatic rings. The molecule has 2 aromatic carbocycles. The molecule has 7 heteroatoms. The van der Waals surface area contributed by atoms with Gasteiger partial charge in [0, 0.05) is 22.2 Å². The van der Waals surface area contributed by atoms with Crippen molar-refractivity contribution in [1.29, 1.82) is 0 Å². The van der Waals surface area contributed by atoms with Crippen molar-refractivity contribution in [3.8, 4) is 5.75 Å².